The minimum atomic E-state index is -0.722. The number of likely N-dealkylation sites (N-methyl/N-ethyl adjacent to an activating group) is 1. The lowest BCUT2D eigenvalue weighted by molar-refractivity contribution is -0.393. The zero-order chi connectivity index (χ0) is 24.4. The lowest BCUT2D eigenvalue weighted by atomic mass is 10.2. The first-order chi connectivity index (χ1) is 15.7. The Morgan fingerprint density at radius 1 is 0.970 bits per heavy atom. The second-order valence-electron chi connectivity index (χ2n) is 7.65. The predicted octanol–water partition coefficient (Wildman–Crippen LogP) is 5.78. The summed E-state index contributed by atoms with van der Waals surface area (Å²) in [5.74, 6) is 0.449. The quantitative estimate of drug-likeness (QED) is 0.160. The zero-order valence-corrected chi connectivity index (χ0v) is 19.2. The molecule has 0 aliphatic rings. The zero-order valence-electron chi connectivity index (χ0n) is 19.2. The van der Waals surface area contributed by atoms with Gasteiger partial charge >= 0.3 is 5.69 Å². The number of rotatable bonds is 13. The van der Waals surface area contributed by atoms with Crippen LogP contribution in [0.2, 0.25) is 0 Å². The summed E-state index contributed by atoms with van der Waals surface area (Å²) in [7, 11) is 0. The Morgan fingerprint density at radius 2 is 1.67 bits per heavy atom. The number of anilines is 1. The van der Waals surface area contributed by atoms with Crippen LogP contribution in [0.3, 0.4) is 0 Å². The van der Waals surface area contributed by atoms with Crippen molar-refractivity contribution in [2.75, 3.05) is 31.2 Å². The second-order valence-corrected chi connectivity index (χ2v) is 7.65. The van der Waals surface area contributed by atoms with E-state index >= 15 is 0 Å². The van der Waals surface area contributed by atoms with Gasteiger partial charge in [0, 0.05) is 24.8 Å². The molecule has 11 heteroatoms. The van der Waals surface area contributed by atoms with Gasteiger partial charge in [-0.1, -0.05) is 13.8 Å². The maximum absolute atomic E-state index is 11.2. The van der Waals surface area contributed by atoms with Crippen molar-refractivity contribution >= 4 is 28.4 Å². The van der Waals surface area contributed by atoms with Crippen molar-refractivity contribution in [1.29, 1.82) is 0 Å². The van der Waals surface area contributed by atoms with E-state index < -0.39 is 15.5 Å². The van der Waals surface area contributed by atoms with Gasteiger partial charge in [0.2, 0.25) is 0 Å². The fourth-order valence-electron chi connectivity index (χ4n) is 2.87. The van der Waals surface area contributed by atoms with Crippen LogP contribution < -0.4 is 4.90 Å². The summed E-state index contributed by atoms with van der Waals surface area (Å²) in [5.41, 5.74) is 0.546. The van der Waals surface area contributed by atoms with Gasteiger partial charge in [-0.3, -0.25) is 20.2 Å². The molecule has 0 radical (unpaired) electrons. The van der Waals surface area contributed by atoms with E-state index in [2.05, 4.69) is 29.0 Å². The Morgan fingerprint density at radius 3 is 2.24 bits per heavy atom. The van der Waals surface area contributed by atoms with Gasteiger partial charge in [0.1, 0.15) is 0 Å². The summed E-state index contributed by atoms with van der Waals surface area (Å²) >= 11 is 0. The Hall–Kier alpha value is -3.44. The molecule has 0 N–H and O–H groups in total. The first kappa shape index (κ1) is 25.8. The van der Waals surface area contributed by atoms with Crippen molar-refractivity contribution in [3.8, 4) is 0 Å². The Balaban J connectivity index is 2.00. The van der Waals surface area contributed by atoms with Crippen molar-refractivity contribution in [1.82, 2.24) is 0 Å². The summed E-state index contributed by atoms with van der Waals surface area (Å²) in [6, 6.07) is 10.5. The van der Waals surface area contributed by atoms with E-state index in [1.165, 1.54) is 6.07 Å². The van der Waals surface area contributed by atoms with Crippen LogP contribution in [-0.2, 0) is 9.47 Å². The molecule has 11 nitrogen and oxygen atoms in total. The van der Waals surface area contributed by atoms with Crippen molar-refractivity contribution in [2.45, 2.75) is 34.0 Å². The van der Waals surface area contributed by atoms with Crippen LogP contribution in [0.25, 0.3) is 0 Å². The maximum atomic E-state index is 11.2. The van der Waals surface area contributed by atoms with Gasteiger partial charge in [0.15, 0.2) is 12.0 Å². The Bertz CT molecular complexity index is 964. The number of nitro benzene ring substituents is 2. The fourth-order valence-corrected chi connectivity index (χ4v) is 2.87. The predicted molar refractivity (Wildman–Crippen MR) is 124 cm³/mol. The van der Waals surface area contributed by atoms with Crippen molar-refractivity contribution < 1.29 is 19.3 Å². The number of ether oxygens (including phenoxy) is 2. The number of benzene rings is 2. The molecule has 0 saturated heterocycles. The van der Waals surface area contributed by atoms with E-state index in [0.29, 0.717) is 31.4 Å². The molecule has 0 amide bonds. The van der Waals surface area contributed by atoms with Gasteiger partial charge in [-0.2, -0.15) is 5.11 Å². The average molecular weight is 460 g/mol. The molecule has 0 spiro atoms. The summed E-state index contributed by atoms with van der Waals surface area (Å²) < 4.78 is 11.3. The molecular weight excluding hydrogens is 430 g/mol. The molecule has 33 heavy (non-hydrogen) atoms. The number of nitrogens with zero attached hydrogens (tertiary/aromatic N) is 5. The first-order valence-corrected chi connectivity index (χ1v) is 10.6. The van der Waals surface area contributed by atoms with Crippen molar-refractivity contribution in [3.63, 3.8) is 0 Å². The van der Waals surface area contributed by atoms with Crippen LogP contribution in [-0.4, -0.2) is 42.4 Å². The van der Waals surface area contributed by atoms with Gasteiger partial charge < -0.3 is 14.4 Å². The van der Waals surface area contributed by atoms with E-state index in [9.17, 15) is 20.2 Å². The third-order valence-corrected chi connectivity index (χ3v) is 4.61. The third-order valence-electron chi connectivity index (χ3n) is 4.61. The molecule has 2 aromatic rings. The molecule has 0 fully saturated rings. The van der Waals surface area contributed by atoms with Gasteiger partial charge in [0.25, 0.3) is 5.69 Å². The molecule has 0 unspecified atom stereocenters. The average Bonchev–Trinajstić information content (AvgIpc) is 2.79. The number of azo groups is 1. The first-order valence-electron chi connectivity index (χ1n) is 10.6. The normalized spacial score (nSPS) is 12.3. The molecule has 0 aliphatic heterocycles. The second kappa shape index (κ2) is 12.6. The SMILES string of the molecule is CCN(CCO[C@@H](C)OCC(C)C)c1ccc(N=Nc2ccc([N+](=O)[O-])cc2[N+](=O)[O-])cc1. The maximum Gasteiger partial charge on any atom is 0.303 e. The summed E-state index contributed by atoms with van der Waals surface area (Å²) in [4.78, 5) is 22.8. The van der Waals surface area contributed by atoms with Crippen LogP contribution >= 0.6 is 0 Å². The Labute approximate surface area is 192 Å². The van der Waals surface area contributed by atoms with Crippen LogP contribution in [0, 0.1) is 26.1 Å². The van der Waals surface area contributed by atoms with E-state index in [4.69, 9.17) is 9.47 Å². The lowest BCUT2D eigenvalue weighted by Gasteiger charge is -2.24. The third kappa shape index (κ3) is 8.20. The van der Waals surface area contributed by atoms with E-state index in [0.717, 1.165) is 24.4 Å². The molecule has 0 saturated carbocycles. The van der Waals surface area contributed by atoms with Crippen LogP contribution in [0.4, 0.5) is 28.4 Å². The van der Waals surface area contributed by atoms with Gasteiger partial charge in [-0.05, 0) is 50.1 Å². The highest BCUT2D eigenvalue weighted by Gasteiger charge is 2.19. The minimum absolute atomic E-state index is 0.0594. The molecule has 178 valence electrons. The van der Waals surface area contributed by atoms with Gasteiger partial charge in [-0.15, -0.1) is 5.11 Å². The molecule has 0 heterocycles. The van der Waals surface area contributed by atoms with Gasteiger partial charge in [-0.25, -0.2) is 0 Å². The highest BCUT2D eigenvalue weighted by Crippen LogP contribution is 2.32. The molecule has 0 aliphatic carbocycles. The number of nitro groups is 2. The van der Waals surface area contributed by atoms with Crippen molar-refractivity contribution in [3.05, 3.63) is 62.7 Å². The number of non-ortho nitro benzene ring substituents is 1. The summed E-state index contributed by atoms with van der Waals surface area (Å²) in [6.45, 7) is 10.7. The number of hydrogen-bond acceptors (Lipinski definition) is 9. The number of hydrogen-bond donors (Lipinski definition) is 0. The Kier molecular flexibility index (Phi) is 9.83. The van der Waals surface area contributed by atoms with Crippen LogP contribution in [0.1, 0.15) is 27.7 Å². The highest BCUT2D eigenvalue weighted by molar-refractivity contribution is 5.62. The minimum Gasteiger partial charge on any atom is -0.369 e. The van der Waals surface area contributed by atoms with Crippen molar-refractivity contribution in [2.24, 2.45) is 16.1 Å². The molecular formula is C22H29N5O6. The molecule has 2 rings (SSSR count). The van der Waals surface area contributed by atoms with Gasteiger partial charge in [0.05, 0.1) is 34.8 Å². The monoisotopic (exact) mass is 459 g/mol. The molecule has 0 aromatic heterocycles. The lowest BCUT2D eigenvalue weighted by Crippen LogP contribution is -2.29. The van der Waals surface area contributed by atoms with Crippen LogP contribution in [0.5, 0.6) is 0 Å². The highest BCUT2D eigenvalue weighted by atomic mass is 16.7. The summed E-state index contributed by atoms with van der Waals surface area (Å²) in [5, 5.41) is 30.0. The summed E-state index contributed by atoms with van der Waals surface area (Å²) in [6.07, 6.45) is -0.266. The molecule has 2 aromatic carbocycles. The smallest absolute Gasteiger partial charge is 0.303 e. The standard InChI is InChI=1S/C22H29N5O6/c1-5-25(12-13-32-17(4)33-15-16(2)3)19-8-6-18(7-9-19)23-24-21-11-10-20(26(28)29)14-22(21)27(30)31/h6-11,14,16-17H,5,12-13,15H2,1-4H3/t17-/m1/s1. The molecule has 1 atom stereocenters. The van der Waals surface area contributed by atoms with Crippen LogP contribution in [0.15, 0.2) is 52.7 Å². The van der Waals surface area contributed by atoms with E-state index in [1.54, 1.807) is 12.1 Å². The topological polar surface area (TPSA) is 133 Å². The largest absolute Gasteiger partial charge is 0.369 e. The molecule has 0 bridgehead atoms. The van der Waals surface area contributed by atoms with E-state index in [1.807, 2.05) is 26.0 Å². The van der Waals surface area contributed by atoms with E-state index in [-0.39, 0.29) is 17.7 Å². The fraction of sp³-hybridized carbons (Fsp3) is 0.455.